The van der Waals surface area contributed by atoms with Crippen LogP contribution in [0, 0.1) is 12.8 Å². The Bertz CT molecular complexity index is 1050. The van der Waals surface area contributed by atoms with Crippen LogP contribution < -0.4 is 10.6 Å². The van der Waals surface area contributed by atoms with Gasteiger partial charge < -0.3 is 15.1 Å². The topological polar surface area (TPSA) is 92.9 Å². The van der Waals surface area contributed by atoms with Gasteiger partial charge in [-0.1, -0.05) is 0 Å². The van der Waals surface area contributed by atoms with Crippen molar-refractivity contribution in [1.29, 1.82) is 0 Å². The van der Waals surface area contributed by atoms with E-state index in [1.165, 1.54) is 0 Å². The van der Waals surface area contributed by atoms with Crippen molar-refractivity contribution in [3.8, 4) is 11.3 Å². The van der Waals surface area contributed by atoms with E-state index >= 15 is 0 Å². The molecule has 2 N–H and O–H groups in total. The Morgan fingerprint density at radius 1 is 1.16 bits per heavy atom. The fraction of sp³-hybridized carbons (Fsp3) is 0.455. The van der Waals surface area contributed by atoms with E-state index in [0.717, 1.165) is 10.9 Å². The molecule has 2 heterocycles. The van der Waals surface area contributed by atoms with Gasteiger partial charge in [-0.15, -0.1) is 10.2 Å². The SMILES string of the molecule is Cc1ncc(-c2ccc3nnc(NC(=O)C4CCC(NC(CF)CF)CC4)cc3c2)o1. The lowest BCUT2D eigenvalue weighted by atomic mass is 9.85. The van der Waals surface area contributed by atoms with Crippen LogP contribution in [0.1, 0.15) is 31.6 Å². The second-order valence-corrected chi connectivity index (χ2v) is 7.96. The molecule has 0 bridgehead atoms. The average Bonchev–Trinajstić information content (AvgIpc) is 3.23. The number of rotatable bonds is 7. The van der Waals surface area contributed by atoms with Gasteiger partial charge >= 0.3 is 0 Å². The van der Waals surface area contributed by atoms with Crippen LogP contribution >= 0.6 is 0 Å². The van der Waals surface area contributed by atoms with E-state index < -0.39 is 19.4 Å². The molecule has 0 atom stereocenters. The van der Waals surface area contributed by atoms with E-state index in [1.807, 2.05) is 18.2 Å². The Labute approximate surface area is 178 Å². The van der Waals surface area contributed by atoms with Gasteiger partial charge in [0.15, 0.2) is 17.5 Å². The van der Waals surface area contributed by atoms with Crippen LogP contribution in [-0.2, 0) is 4.79 Å². The number of hydrogen-bond donors (Lipinski definition) is 2. The molecule has 2 aromatic heterocycles. The van der Waals surface area contributed by atoms with Crippen LogP contribution in [0.15, 0.2) is 34.9 Å². The number of amides is 1. The van der Waals surface area contributed by atoms with Crippen LogP contribution in [-0.4, -0.2) is 46.5 Å². The fourth-order valence-corrected chi connectivity index (χ4v) is 3.97. The van der Waals surface area contributed by atoms with Crippen molar-refractivity contribution in [3.63, 3.8) is 0 Å². The van der Waals surface area contributed by atoms with Gasteiger partial charge in [-0.25, -0.2) is 13.8 Å². The van der Waals surface area contributed by atoms with E-state index in [1.54, 1.807) is 19.2 Å². The minimum Gasteiger partial charge on any atom is -0.441 e. The van der Waals surface area contributed by atoms with Gasteiger partial charge in [0.05, 0.1) is 17.8 Å². The van der Waals surface area contributed by atoms with Gasteiger partial charge in [-0.2, -0.15) is 0 Å². The number of carbonyl (C=O) groups is 1. The summed E-state index contributed by atoms with van der Waals surface area (Å²) in [7, 11) is 0. The Hall–Kier alpha value is -2.94. The molecule has 164 valence electrons. The molecule has 4 rings (SSSR count). The number of aromatic nitrogens is 3. The number of nitrogens with one attached hydrogen (secondary N) is 2. The predicted octanol–water partition coefficient (Wildman–Crippen LogP) is 3.99. The molecule has 9 heteroatoms. The van der Waals surface area contributed by atoms with Crippen LogP contribution in [0.25, 0.3) is 22.2 Å². The van der Waals surface area contributed by atoms with Gasteiger partial charge in [0.1, 0.15) is 13.3 Å². The van der Waals surface area contributed by atoms with Gasteiger partial charge in [0.25, 0.3) is 0 Å². The summed E-state index contributed by atoms with van der Waals surface area (Å²) in [5.41, 5.74) is 1.57. The third-order valence-electron chi connectivity index (χ3n) is 5.68. The highest BCUT2D eigenvalue weighted by Gasteiger charge is 2.27. The molecule has 7 nitrogen and oxygen atoms in total. The Morgan fingerprint density at radius 2 is 1.94 bits per heavy atom. The molecule has 0 aliphatic heterocycles. The van der Waals surface area contributed by atoms with Gasteiger partial charge in [-0.3, -0.25) is 4.79 Å². The van der Waals surface area contributed by atoms with E-state index in [2.05, 4.69) is 25.8 Å². The monoisotopic (exact) mass is 429 g/mol. The number of halogens is 2. The quantitative estimate of drug-likeness (QED) is 0.590. The largest absolute Gasteiger partial charge is 0.441 e. The normalized spacial score (nSPS) is 19.1. The number of benzene rings is 1. The van der Waals surface area contributed by atoms with Crippen LogP contribution in [0.4, 0.5) is 14.6 Å². The van der Waals surface area contributed by atoms with E-state index in [9.17, 15) is 13.6 Å². The zero-order valence-corrected chi connectivity index (χ0v) is 17.3. The van der Waals surface area contributed by atoms with Crippen molar-refractivity contribution in [2.75, 3.05) is 18.7 Å². The number of hydrogen-bond acceptors (Lipinski definition) is 6. The zero-order valence-electron chi connectivity index (χ0n) is 17.3. The van der Waals surface area contributed by atoms with Crippen molar-refractivity contribution < 1.29 is 18.0 Å². The predicted molar refractivity (Wildman–Crippen MR) is 113 cm³/mol. The van der Waals surface area contributed by atoms with Crippen LogP contribution in [0.5, 0.6) is 0 Å². The van der Waals surface area contributed by atoms with Crippen LogP contribution in [0.2, 0.25) is 0 Å². The van der Waals surface area contributed by atoms with Gasteiger partial charge in [0.2, 0.25) is 5.91 Å². The number of aryl methyl sites for hydroxylation is 1. The Balaban J connectivity index is 1.39. The summed E-state index contributed by atoms with van der Waals surface area (Å²) in [6, 6.07) is 6.72. The third-order valence-corrected chi connectivity index (χ3v) is 5.68. The molecule has 31 heavy (non-hydrogen) atoms. The second kappa shape index (κ2) is 9.47. The summed E-state index contributed by atoms with van der Waals surface area (Å²) in [6.07, 6.45) is 4.40. The lowest BCUT2D eigenvalue weighted by molar-refractivity contribution is -0.120. The maximum absolute atomic E-state index is 12.7. The Kier molecular flexibility index (Phi) is 6.50. The lowest BCUT2D eigenvalue weighted by Crippen LogP contribution is -2.44. The lowest BCUT2D eigenvalue weighted by Gasteiger charge is -2.30. The molecule has 1 aliphatic carbocycles. The Morgan fingerprint density at radius 3 is 2.61 bits per heavy atom. The van der Waals surface area contributed by atoms with Crippen molar-refractivity contribution in [3.05, 3.63) is 36.4 Å². The first kappa shape index (κ1) is 21.3. The summed E-state index contributed by atoms with van der Waals surface area (Å²) in [5, 5.41) is 15.0. The first-order valence-electron chi connectivity index (χ1n) is 10.4. The van der Waals surface area contributed by atoms with E-state index in [4.69, 9.17) is 4.42 Å². The first-order chi connectivity index (χ1) is 15.1. The maximum atomic E-state index is 12.7. The summed E-state index contributed by atoms with van der Waals surface area (Å²) in [5.74, 6) is 1.37. The fourth-order valence-electron chi connectivity index (χ4n) is 3.97. The summed E-state index contributed by atoms with van der Waals surface area (Å²) < 4.78 is 31.0. The minimum absolute atomic E-state index is 0.0409. The molecule has 0 spiro atoms. The summed E-state index contributed by atoms with van der Waals surface area (Å²) in [4.78, 5) is 16.8. The average molecular weight is 429 g/mol. The second-order valence-electron chi connectivity index (χ2n) is 7.96. The molecular weight excluding hydrogens is 404 g/mol. The van der Waals surface area contributed by atoms with Crippen LogP contribution in [0.3, 0.4) is 0 Å². The van der Waals surface area contributed by atoms with Gasteiger partial charge in [0, 0.05) is 29.8 Å². The number of nitrogens with zero attached hydrogens (tertiary/aromatic N) is 3. The van der Waals surface area contributed by atoms with Crippen molar-refractivity contribution in [2.45, 2.75) is 44.7 Å². The summed E-state index contributed by atoms with van der Waals surface area (Å²) in [6.45, 7) is 0.332. The first-order valence-corrected chi connectivity index (χ1v) is 10.4. The number of anilines is 1. The molecule has 1 aliphatic rings. The molecular formula is C22H25F2N5O2. The minimum atomic E-state index is -0.756. The summed E-state index contributed by atoms with van der Waals surface area (Å²) >= 11 is 0. The molecule has 0 saturated heterocycles. The van der Waals surface area contributed by atoms with E-state index in [0.29, 0.717) is 48.7 Å². The molecule has 0 radical (unpaired) electrons. The standard InChI is InChI=1S/C22H25F2N5O2/c1-13-25-12-20(31-13)15-4-7-19-16(8-15)9-21(29-28-19)27-22(30)14-2-5-17(6-3-14)26-18(10-23)11-24/h4,7-9,12,14,17-18,26H,2-3,5-6,10-11H2,1H3,(H,27,29,30). The number of alkyl halides is 2. The molecule has 0 unspecified atom stereocenters. The van der Waals surface area contributed by atoms with Crippen molar-refractivity contribution in [1.82, 2.24) is 20.5 Å². The zero-order chi connectivity index (χ0) is 21.8. The smallest absolute Gasteiger partial charge is 0.228 e. The van der Waals surface area contributed by atoms with Crippen molar-refractivity contribution >= 4 is 22.6 Å². The molecule has 1 amide bonds. The molecule has 1 saturated carbocycles. The molecule has 1 fully saturated rings. The molecule has 1 aromatic carbocycles. The number of oxazole rings is 1. The number of fused-ring (bicyclic) bond motifs is 1. The van der Waals surface area contributed by atoms with Gasteiger partial charge in [-0.05, 0) is 49.9 Å². The van der Waals surface area contributed by atoms with E-state index in [-0.39, 0.29) is 17.9 Å². The number of carbonyl (C=O) groups excluding carboxylic acids is 1. The van der Waals surface area contributed by atoms with Crippen molar-refractivity contribution in [2.24, 2.45) is 5.92 Å². The molecule has 3 aromatic rings. The third kappa shape index (κ3) is 5.04. The maximum Gasteiger partial charge on any atom is 0.228 e. The highest BCUT2D eigenvalue weighted by molar-refractivity contribution is 5.94. The highest BCUT2D eigenvalue weighted by atomic mass is 19.1. The highest BCUT2D eigenvalue weighted by Crippen LogP contribution is 2.27.